The molecule has 1 aliphatic heterocycles. The van der Waals surface area contributed by atoms with E-state index in [2.05, 4.69) is 15.5 Å². The van der Waals surface area contributed by atoms with Crippen LogP contribution in [0.5, 0.6) is 0 Å². The Balaban J connectivity index is 1.80. The predicted molar refractivity (Wildman–Crippen MR) is 98.7 cm³/mol. The number of ketones is 1. The maximum atomic E-state index is 12.2. The van der Waals surface area contributed by atoms with E-state index in [1.54, 1.807) is 24.3 Å². The van der Waals surface area contributed by atoms with E-state index < -0.39 is 5.91 Å². The number of amides is 1. The van der Waals surface area contributed by atoms with Gasteiger partial charge in [0.1, 0.15) is 11.6 Å². The highest BCUT2D eigenvalue weighted by Crippen LogP contribution is 2.12. The number of nitrogens with zero attached hydrogens (tertiary/aromatic N) is 2. The maximum Gasteiger partial charge on any atom is 0.267 e. The van der Waals surface area contributed by atoms with Crippen molar-refractivity contribution < 1.29 is 14.3 Å². The Morgan fingerprint density at radius 1 is 1.35 bits per heavy atom. The SMILES string of the molecule is CC(=O)c1cccc(NC(=O)/C(C#N)=C\NCCCN2CCOCC2)c1. The van der Waals surface area contributed by atoms with Gasteiger partial charge >= 0.3 is 0 Å². The highest BCUT2D eigenvalue weighted by molar-refractivity contribution is 6.07. The van der Waals surface area contributed by atoms with Crippen LogP contribution in [0.3, 0.4) is 0 Å². The minimum absolute atomic E-state index is 0.00963. The molecule has 2 N–H and O–H groups in total. The van der Waals surface area contributed by atoms with Gasteiger partial charge in [-0.2, -0.15) is 5.26 Å². The van der Waals surface area contributed by atoms with Crippen molar-refractivity contribution in [1.82, 2.24) is 10.2 Å². The molecule has 0 aromatic heterocycles. The molecule has 7 heteroatoms. The molecule has 1 aromatic rings. The van der Waals surface area contributed by atoms with E-state index >= 15 is 0 Å². The molecule has 1 heterocycles. The van der Waals surface area contributed by atoms with Crippen molar-refractivity contribution >= 4 is 17.4 Å². The standard InChI is InChI=1S/C19H24N4O3/c1-15(24)16-4-2-5-18(12-16)22-19(25)17(13-20)14-21-6-3-7-23-8-10-26-11-9-23/h2,4-5,12,14,21H,3,6-11H2,1H3,(H,22,25)/b17-14-. The third kappa shape index (κ3) is 6.31. The second-order valence-electron chi connectivity index (χ2n) is 6.02. The second-order valence-corrected chi connectivity index (χ2v) is 6.02. The Bertz CT molecular complexity index is 703. The van der Waals surface area contributed by atoms with Gasteiger partial charge in [0.05, 0.1) is 13.2 Å². The summed E-state index contributed by atoms with van der Waals surface area (Å²) in [6, 6.07) is 8.52. The summed E-state index contributed by atoms with van der Waals surface area (Å²) in [5.41, 5.74) is 0.979. The van der Waals surface area contributed by atoms with Crippen LogP contribution in [0.15, 0.2) is 36.0 Å². The Morgan fingerprint density at radius 2 is 2.12 bits per heavy atom. The van der Waals surface area contributed by atoms with Gasteiger partial charge in [0, 0.05) is 37.1 Å². The second kappa shape index (κ2) is 10.3. The molecule has 2 rings (SSSR count). The zero-order valence-corrected chi connectivity index (χ0v) is 15.0. The van der Waals surface area contributed by atoms with Crippen molar-refractivity contribution in [2.24, 2.45) is 0 Å². The number of hydrogen-bond donors (Lipinski definition) is 2. The van der Waals surface area contributed by atoms with Crippen LogP contribution >= 0.6 is 0 Å². The number of anilines is 1. The van der Waals surface area contributed by atoms with Crippen molar-refractivity contribution in [2.75, 3.05) is 44.7 Å². The summed E-state index contributed by atoms with van der Waals surface area (Å²) in [5, 5.41) is 14.8. The van der Waals surface area contributed by atoms with E-state index in [1.807, 2.05) is 6.07 Å². The van der Waals surface area contributed by atoms with Gasteiger partial charge in [-0.3, -0.25) is 14.5 Å². The van der Waals surface area contributed by atoms with Crippen LogP contribution in [-0.4, -0.2) is 56.0 Å². The first-order valence-electron chi connectivity index (χ1n) is 8.66. The zero-order chi connectivity index (χ0) is 18.8. The quantitative estimate of drug-likeness (QED) is 0.318. The summed E-state index contributed by atoms with van der Waals surface area (Å²) < 4.78 is 5.30. The van der Waals surface area contributed by atoms with Crippen LogP contribution in [0.1, 0.15) is 23.7 Å². The van der Waals surface area contributed by atoms with Crippen LogP contribution in [0.25, 0.3) is 0 Å². The van der Waals surface area contributed by atoms with Gasteiger partial charge in [0.15, 0.2) is 5.78 Å². The molecular weight excluding hydrogens is 332 g/mol. The molecule has 7 nitrogen and oxygen atoms in total. The van der Waals surface area contributed by atoms with E-state index in [0.29, 0.717) is 17.8 Å². The lowest BCUT2D eigenvalue weighted by Crippen LogP contribution is -2.37. The Kier molecular flexibility index (Phi) is 7.80. The Morgan fingerprint density at radius 3 is 2.81 bits per heavy atom. The number of hydrogen-bond acceptors (Lipinski definition) is 6. The van der Waals surface area contributed by atoms with Crippen LogP contribution in [0.4, 0.5) is 5.69 Å². The normalized spacial score (nSPS) is 15.2. The number of nitriles is 1. The monoisotopic (exact) mass is 356 g/mol. The number of ether oxygens (including phenoxy) is 1. The topological polar surface area (TPSA) is 94.5 Å². The summed E-state index contributed by atoms with van der Waals surface area (Å²) in [6.45, 7) is 6.53. The number of morpholine rings is 1. The first-order valence-corrected chi connectivity index (χ1v) is 8.66. The fourth-order valence-corrected chi connectivity index (χ4v) is 2.57. The molecule has 0 saturated carbocycles. The lowest BCUT2D eigenvalue weighted by Gasteiger charge is -2.26. The largest absolute Gasteiger partial charge is 0.390 e. The number of benzene rings is 1. The van der Waals surface area contributed by atoms with Crippen molar-refractivity contribution in [2.45, 2.75) is 13.3 Å². The van der Waals surface area contributed by atoms with Crippen LogP contribution in [-0.2, 0) is 9.53 Å². The van der Waals surface area contributed by atoms with Gasteiger partial charge in [0.2, 0.25) is 0 Å². The lowest BCUT2D eigenvalue weighted by molar-refractivity contribution is -0.112. The smallest absolute Gasteiger partial charge is 0.267 e. The van der Waals surface area contributed by atoms with Crippen molar-refractivity contribution in [3.05, 3.63) is 41.6 Å². The van der Waals surface area contributed by atoms with E-state index in [4.69, 9.17) is 4.74 Å². The molecule has 0 atom stereocenters. The first kappa shape index (κ1) is 19.6. The number of rotatable bonds is 8. The summed E-state index contributed by atoms with van der Waals surface area (Å²) in [4.78, 5) is 25.9. The molecule has 1 fully saturated rings. The van der Waals surface area contributed by atoms with Crippen molar-refractivity contribution in [3.63, 3.8) is 0 Å². The minimum Gasteiger partial charge on any atom is -0.390 e. The molecule has 1 amide bonds. The van der Waals surface area contributed by atoms with E-state index in [-0.39, 0.29) is 11.4 Å². The van der Waals surface area contributed by atoms with Gasteiger partial charge in [0.25, 0.3) is 5.91 Å². The first-order chi connectivity index (χ1) is 12.6. The summed E-state index contributed by atoms with van der Waals surface area (Å²) >= 11 is 0. The predicted octanol–water partition coefficient (Wildman–Crippen LogP) is 1.55. The van der Waals surface area contributed by atoms with Crippen molar-refractivity contribution in [1.29, 1.82) is 5.26 Å². The number of carbonyl (C=O) groups excluding carboxylic acids is 2. The number of carbonyl (C=O) groups is 2. The summed E-state index contributed by atoms with van der Waals surface area (Å²) in [6.07, 6.45) is 2.35. The highest BCUT2D eigenvalue weighted by Gasteiger charge is 2.11. The molecule has 138 valence electrons. The van der Waals surface area contributed by atoms with Gasteiger partial charge in [-0.1, -0.05) is 12.1 Å². The molecular formula is C19H24N4O3. The Labute approximate surface area is 153 Å². The van der Waals surface area contributed by atoms with Crippen LogP contribution in [0, 0.1) is 11.3 Å². The maximum absolute atomic E-state index is 12.2. The molecule has 0 bridgehead atoms. The van der Waals surface area contributed by atoms with Gasteiger partial charge in [-0.15, -0.1) is 0 Å². The molecule has 0 spiro atoms. The fourth-order valence-electron chi connectivity index (χ4n) is 2.57. The molecule has 26 heavy (non-hydrogen) atoms. The number of Topliss-reactive ketones (excluding diaryl/α,β-unsaturated/α-hetero) is 1. The zero-order valence-electron chi connectivity index (χ0n) is 15.0. The van der Waals surface area contributed by atoms with Crippen LogP contribution < -0.4 is 10.6 Å². The third-order valence-corrected chi connectivity index (χ3v) is 4.04. The fraction of sp³-hybridized carbons (Fsp3) is 0.421. The summed E-state index contributed by atoms with van der Waals surface area (Å²) in [7, 11) is 0. The Hall–Kier alpha value is -2.69. The lowest BCUT2D eigenvalue weighted by atomic mass is 10.1. The molecule has 0 radical (unpaired) electrons. The van der Waals surface area contributed by atoms with Crippen LogP contribution in [0.2, 0.25) is 0 Å². The van der Waals surface area contributed by atoms with Gasteiger partial charge in [-0.25, -0.2) is 0 Å². The molecule has 1 aromatic carbocycles. The van der Waals surface area contributed by atoms with Gasteiger partial charge in [-0.05, 0) is 32.0 Å². The minimum atomic E-state index is -0.506. The molecule has 1 saturated heterocycles. The van der Waals surface area contributed by atoms with Gasteiger partial charge < -0.3 is 15.4 Å². The molecule has 0 unspecified atom stereocenters. The highest BCUT2D eigenvalue weighted by atomic mass is 16.5. The molecule has 0 aliphatic carbocycles. The van der Waals surface area contributed by atoms with E-state index in [9.17, 15) is 14.9 Å². The average Bonchev–Trinajstić information content (AvgIpc) is 2.65. The average molecular weight is 356 g/mol. The van der Waals surface area contributed by atoms with Crippen molar-refractivity contribution in [3.8, 4) is 6.07 Å². The molecule has 1 aliphatic rings. The third-order valence-electron chi connectivity index (χ3n) is 4.04. The summed E-state index contributed by atoms with van der Waals surface area (Å²) in [5.74, 6) is -0.590. The van der Waals surface area contributed by atoms with E-state index in [0.717, 1.165) is 39.3 Å². The van der Waals surface area contributed by atoms with E-state index in [1.165, 1.54) is 13.1 Å². The number of nitrogens with one attached hydrogen (secondary N) is 2.